The summed E-state index contributed by atoms with van der Waals surface area (Å²) in [4.78, 5) is 0. The number of ether oxygens (including phenoxy) is 3. The molecule has 0 radical (unpaired) electrons. The van der Waals surface area contributed by atoms with E-state index in [9.17, 15) is 0 Å². The van der Waals surface area contributed by atoms with Crippen LogP contribution in [0.4, 0.5) is 5.69 Å². The van der Waals surface area contributed by atoms with Crippen LogP contribution in [0.1, 0.15) is 5.56 Å². The van der Waals surface area contributed by atoms with E-state index < -0.39 is 0 Å². The summed E-state index contributed by atoms with van der Waals surface area (Å²) in [5.41, 5.74) is 7.45. The summed E-state index contributed by atoms with van der Waals surface area (Å²) in [7, 11) is 0. The number of nitrogen functional groups attached to an aromatic ring is 1. The Labute approximate surface area is 122 Å². The standard InChI is InChI=1S/C15H14ClNO3/c16-11-3-1-2-4-13(11)20-9-10-7-14-15(8-12(10)17)19-6-5-18-14/h1-4,7-8H,5-6,9,17H2. The molecule has 0 bridgehead atoms. The Bertz CT molecular complexity index is 631. The Hall–Kier alpha value is -2.07. The van der Waals surface area contributed by atoms with E-state index in [0.717, 1.165) is 5.56 Å². The molecule has 2 aromatic carbocycles. The zero-order valence-electron chi connectivity index (χ0n) is 10.8. The van der Waals surface area contributed by atoms with Crippen LogP contribution in [-0.4, -0.2) is 13.2 Å². The second kappa shape index (κ2) is 5.51. The normalized spacial score (nSPS) is 13.1. The zero-order chi connectivity index (χ0) is 13.9. The third-order valence-corrected chi connectivity index (χ3v) is 3.34. The molecule has 104 valence electrons. The maximum absolute atomic E-state index is 6.04. The van der Waals surface area contributed by atoms with E-state index in [4.69, 9.17) is 31.5 Å². The van der Waals surface area contributed by atoms with Crippen LogP contribution in [0.25, 0.3) is 0 Å². The van der Waals surface area contributed by atoms with Gasteiger partial charge in [-0.05, 0) is 18.2 Å². The molecule has 1 aliphatic heterocycles. The highest BCUT2D eigenvalue weighted by Gasteiger charge is 2.15. The molecule has 2 aromatic rings. The third kappa shape index (κ3) is 2.60. The summed E-state index contributed by atoms with van der Waals surface area (Å²) in [5.74, 6) is 2.00. The summed E-state index contributed by atoms with van der Waals surface area (Å²) in [6, 6.07) is 10.9. The minimum atomic E-state index is 0.326. The van der Waals surface area contributed by atoms with Gasteiger partial charge < -0.3 is 19.9 Å². The summed E-state index contributed by atoms with van der Waals surface area (Å²) < 4.78 is 16.7. The predicted octanol–water partition coefficient (Wildman–Crippen LogP) is 3.27. The number of anilines is 1. The van der Waals surface area contributed by atoms with Crippen LogP contribution in [0.15, 0.2) is 36.4 Å². The van der Waals surface area contributed by atoms with E-state index in [2.05, 4.69) is 0 Å². The monoisotopic (exact) mass is 291 g/mol. The highest BCUT2D eigenvalue weighted by Crippen LogP contribution is 2.35. The van der Waals surface area contributed by atoms with Crippen molar-refractivity contribution in [2.45, 2.75) is 6.61 Å². The molecule has 0 aromatic heterocycles. The highest BCUT2D eigenvalue weighted by atomic mass is 35.5. The van der Waals surface area contributed by atoms with E-state index in [1.807, 2.05) is 24.3 Å². The molecule has 20 heavy (non-hydrogen) atoms. The molecule has 3 rings (SSSR count). The molecule has 2 N–H and O–H groups in total. The quantitative estimate of drug-likeness (QED) is 0.882. The van der Waals surface area contributed by atoms with Gasteiger partial charge in [0.15, 0.2) is 11.5 Å². The fourth-order valence-electron chi connectivity index (χ4n) is 1.99. The minimum Gasteiger partial charge on any atom is -0.487 e. The molecule has 1 aliphatic rings. The number of halogens is 1. The number of hydrogen-bond acceptors (Lipinski definition) is 4. The van der Waals surface area contributed by atoms with Crippen LogP contribution in [0.5, 0.6) is 17.2 Å². The van der Waals surface area contributed by atoms with Crippen LogP contribution in [0.2, 0.25) is 5.02 Å². The smallest absolute Gasteiger partial charge is 0.163 e. The summed E-state index contributed by atoms with van der Waals surface area (Å²) in [6.45, 7) is 1.41. The Morgan fingerprint density at radius 3 is 2.55 bits per heavy atom. The molecule has 5 heteroatoms. The van der Waals surface area contributed by atoms with Crippen molar-refractivity contribution in [3.63, 3.8) is 0 Å². The third-order valence-electron chi connectivity index (χ3n) is 3.02. The number of rotatable bonds is 3. The van der Waals surface area contributed by atoms with Gasteiger partial charge in [-0.2, -0.15) is 0 Å². The fourth-order valence-corrected chi connectivity index (χ4v) is 2.18. The molecular weight excluding hydrogens is 278 g/mol. The molecule has 0 saturated carbocycles. The topological polar surface area (TPSA) is 53.7 Å². The minimum absolute atomic E-state index is 0.326. The van der Waals surface area contributed by atoms with Crippen molar-refractivity contribution in [1.29, 1.82) is 0 Å². The molecule has 1 heterocycles. The Kier molecular flexibility index (Phi) is 3.56. The van der Waals surface area contributed by atoms with Crippen LogP contribution >= 0.6 is 11.6 Å². The lowest BCUT2D eigenvalue weighted by Crippen LogP contribution is -2.16. The average molecular weight is 292 g/mol. The molecule has 0 aliphatic carbocycles. The second-order valence-electron chi connectivity index (χ2n) is 4.41. The first kappa shape index (κ1) is 12.9. The Morgan fingerprint density at radius 1 is 1.10 bits per heavy atom. The molecule has 0 saturated heterocycles. The average Bonchev–Trinajstić information content (AvgIpc) is 2.46. The number of hydrogen-bond donors (Lipinski definition) is 1. The van der Waals surface area contributed by atoms with E-state index in [1.165, 1.54) is 0 Å². The zero-order valence-corrected chi connectivity index (χ0v) is 11.5. The van der Waals surface area contributed by atoms with Gasteiger partial charge in [0.25, 0.3) is 0 Å². The maximum Gasteiger partial charge on any atom is 0.163 e. The number of fused-ring (bicyclic) bond motifs is 1. The van der Waals surface area contributed by atoms with Gasteiger partial charge in [-0.3, -0.25) is 0 Å². The van der Waals surface area contributed by atoms with Crippen molar-refractivity contribution in [1.82, 2.24) is 0 Å². The molecule has 0 atom stereocenters. The summed E-state index contributed by atoms with van der Waals surface area (Å²) >= 11 is 6.04. The van der Waals surface area contributed by atoms with Crippen molar-refractivity contribution < 1.29 is 14.2 Å². The van der Waals surface area contributed by atoms with Crippen LogP contribution in [0, 0.1) is 0 Å². The van der Waals surface area contributed by atoms with Crippen molar-refractivity contribution in [2.75, 3.05) is 18.9 Å². The van der Waals surface area contributed by atoms with Gasteiger partial charge in [0.05, 0.1) is 5.02 Å². The molecule has 0 unspecified atom stereocenters. The van der Waals surface area contributed by atoms with Crippen LogP contribution < -0.4 is 19.9 Å². The van der Waals surface area contributed by atoms with E-state index in [-0.39, 0.29) is 0 Å². The molecule has 0 amide bonds. The number of benzene rings is 2. The Balaban J connectivity index is 1.79. The highest BCUT2D eigenvalue weighted by molar-refractivity contribution is 6.32. The van der Waals surface area contributed by atoms with Gasteiger partial charge >= 0.3 is 0 Å². The van der Waals surface area contributed by atoms with Gasteiger partial charge in [-0.25, -0.2) is 0 Å². The number of nitrogens with two attached hydrogens (primary N) is 1. The van der Waals surface area contributed by atoms with Crippen molar-refractivity contribution in [2.24, 2.45) is 0 Å². The molecule has 0 fully saturated rings. The first-order chi connectivity index (χ1) is 9.74. The lowest BCUT2D eigenvalue weighted by molar-refractivity contribution is 0.171. The summed E-state index contributed by atoms with van der Waals surface area (Å²) in [5, 5.41) is 0.573. The van der Waals surface area contributed by atoms with Gasteiger partial charge in [0.2, 0.25) is 0 Å². The SMILES string of the molecule is Nc1cc2c(cc1COc1ccccc1Cl)OCCO2. The molecular formula is C15H14ClNO3. The lowest BCUT2D eigenvalue weighted by atomic mass is 10.1. The molecule has 0 spiro atoms. The van der Waals surface area contributed by atoms with Gasteiger partial charge in [0, 0.05) is 17.3 Å². The van der Waals surface area contributed by atoms with Gasteiger partial charge in [-0.15, -0.1) is 0 Å². The van der Waals surface area contributed by atoms with E-state index in [1.54, 1.807) is 12.1 Å². The first-order valence-corrected chi connectivity index (χ1v) is 6.67. The van der Waals surface area contributed by atoms with Crippen LogP contribution in [-0.2, 0) is 6.61 Å². The van der Waals surface area contributed by atoms with Crippen molar-refractivity contribution >= 4 is 17.3 Å². The van der Waals surface area contributed by atoms with Crippen molar-refractivity contribution in [3.8, 4) is 17.2 Å². The number of para-hydroxylation sites is 1. The maximum atomic E-state index is 6.04. The van der Waals surface area contributed by atoms with Crippen molar-refractivity contribution in [3.05, 3.63) is 47.0 Å². The fraction of sp³-hybridized carbons (Fsp3) is 0.200. The van der Waals surface area contributed by atoms with E-state index in [0.29, 0.717) is 47.8 Å². The van der Waals surface area contributed by atoms with Crippen LogP contribution in [0.3, 0.4) is 0 Å². The largest absolute Gasteiger partial charge is 0.487 e. The Morgan fingerprint density at radius 2 is 1.80 bits per heavy atom. The molecule has 4 nitrogen and oxygen atoms in total. The van der Waals surface area contributed by atoms with E-state index >= 15 is 0 Å². The predicted molar refractivity (Wildman–Crippen MR) is 77.6 cm³/mol. The van der Waals surface area contributed by atoms with Gasteiger partial charge in [0.1, 0.15) is 25.6 Å². The lowest BCUT2D eigenvalue weighted by Gasteiger charge is -2.20. The summed E-state index contributed by atoms with van der Waals surface area (Å²) in [6.07, 6.45) is 0. The van der Waals surface area contributed by atoms with Gasteiger partial charge in [-0.1, -0.05) is 23.7 Å². The first-order valence-electron chi connectivity index (χ1n) is 6.29. The second-order valence-corrected chi connectivity index (χ2v) is 4.82.